The Morgan fingerprint density at radius 3 is 2.69 bits per heavy atom. The lowest BCUT2D eigenvalue weighted by atomic mass is 9.98. The van der Waals surface area contributed by atoms with E-state index in [4.69, 9.17) is 22.7 Å². The molecule has 1 fully saturated rings. The molecule has 0 bridgehead atoms. The average Bonchev–Trinajstić information content (AvgIpc) is 3.11. The Balaban J connectivity index is 1.52. The third-order valence-corrected chi connectivity index (χ3v) is 4.44. The highest BCUT2D eigenvalue weighted by Crippen LogP contribution is 2.19. The van der Waals surface area contributed by atoms with Gasteiger partial charge in [-0.1, -0.05) is 0 Å². The Bertz CT molecular complexity index is 894. The van der Waals surface area contributed by atoms with Gasteiger partial charge in [0, 0.05) is 0 Å². The van der Waals surface area contributed by atoms with Crippen LogP contribution in [0.15, 0.2) is 12.7 Å². The molecular formula is C14H20N8O6S. The van der Waals surface area contributed by atoms with Gasteiger partial charge in [0.1, 0.15) is 42.8 Å². The van der Waals surface area contributed by atoms with E-state index < -0.39 is 43.2 Å². The summed E-state index contributed by atoms with van der Waals surface area (Å²) in [5.74, 6) is -0.309. The second-order valence-corrected chi connectivity index (χ2v) is 6.61. The minimum Gasteiger partial charge on any atom is -0.394 e. The Labute approximate surface area is 168 Å². The van der Waals surface area contributed by atoms with Crippen molar-refractivity contribution in [3.63, 3.8) is 0 Å². The molecule has 2 aromatic heterocycles. The smallest absolute Gasteiger partial charge is 0.258 e. The van der Waals surface area contributed by atoms with E-state index in [0.29, 0.717) is 11.2 Å². The normalized spacial score (nSPS) is 26.8. The fraction of sp³-hybridized carbons (Fsp3) is 0.500. The van der Waals surface area contributed by atoms with Gasteiger partial charge in [0.05, 0.1) is 12.9 Å². The van der Waals surface area contributed by atoms with Crippen molar-refractivity contribution in [2.24, 2.45) is 0 Å². The zero-order valence-corrected chi connectivity index (χ0v) is 15.7. The number of anilines is 1. The van der Waals surface area contributed by atoms with Crippen LogP contribution in [0.1, 0.15) is 0 Å². The molecule has 2 aromatic rings. The number of hydrazine groups is 1. The van der Waals surface area contributed by atoms with Crippen LogP contribution in [0.4, 0.5) is 5.82 Å². The summed E-state index contributed by atoms with van der Waals surface area (Å²) in [7, 11) is 0. The molecular weight excluding hydrogens is 408 g/mol. The molecule has 3 heterocycles. The van der Waals surface area contributed by atoms with Crippen LogP contribution in [0.25, 0.3) is 11.2 Å². The van der Waals surface area contributed by atoms with Crippen LogP contribution in [0.3, 0.4) is 0 Å². The van der Waals surface area contributed by atoms with E-state index in [1.807, 2.05) is 0 Å². The number of aromatic nitrogens is 4. The Hall–Kier alpha value is -2.69. The van der Waals surface area contributed by atoms with Crippen molar-refractivity contribution in [2.75, 3.05) is 12.3 Å². The molecule has 1 saturated heterocycles. The number of nitrogens with one attached hydrogen (secondary N) is 3. The number of aliphatic hydroxyl groups is 4. The molecule has 0 radical (unpaired) electrons. The van der Waals surface area contributed by atoms with Gasteiger partial charge in [-0.2, -0.15) is 0 Å². The fourth-order valence-electron chi connectivity index (χ4n) is 2.72. The van der Waals surface area contributed by atoms with Gasteiger partial charge in [-0.25, -0.2) is 15.0 Å². The first kappa shape index (κ1) is 21.0. The lowest BCUT2D eigenvalue weighted by Crippen LogP contribution is -2.64. The Kier molecular flexibility index (Phi) is 6.36. The zero-order valence-electron chi connectivity index (χ0n) is 14.8. The topological polar surface area (TPSA) is 213 Å². The zero-order chi connectivity index (χ0) is 21.1. The number of nitrogens with zero attached hydrogens (tertiary/aromatic N) is 4. The standard InChI is InChI=1S/C14H20N8O6S/c15-11-7-12(17-3-16-11)22(4-18-7)1-6(24)20-21-14(29)19-13-10(27)9(26)8(25)5(2-23)28-13/h3-5,8-10,13,23,25-27H,1-2H2,(H,20,24)(H2,15,16,17)(H2,19,21,29)/t5-,8-,9+,10-,13-/m1/s1. The minimum atomic E-state index is -1.56. The van der Waals surface area contributed by atoms with E-state index >= 15 is 0 Å². The van der Waals surface area contributed by atoms with Gasteiger partial charge in [-0.05, 0) is 12.2 Å². The van der Waals surface area contributed by atoms with Gasteiger partial charge in [0.15, 0.2) is 22.8 Å². The molecule has 1 aliphatic rings. The van der Waals surface area contributed by atoms with Crippen molar-refractivity contribution >= 4 is 40.2 Å². The second-order valence-electron chi connectivity index (χ2n) is 6.20. The first-order valence-electron chi connectivity index (χ1n) is 8.39. The van der Waals surface area contributed by atoms with Crippen LogP contribution >= 0.6 is 12.2 Å². The largest absolute Gasteiger partial charge is 0.394 e. The highest BCUT2D eigenvalue weighted by atomic mass is 32.1. The summed E-state index contributed by atoms with van der Waals surface area (Å²) in [5, 5.41) is 41.0. The molecule has 0 unspecified atom stereocenters. The highest BCUT2D eigenvalue weighted by Gasteiger charge is 2.43. The van der Waals surface area contributed by atoms with Crippen molar-refractivity contribution in [2.45, 2.75) is 37.2 Å². The number of hydrogen-bond acceptors (Lipinski definition) is 11. The molecule has 0 saturated carbocycles. The van der Waals surface area contributed by atoms with E-state index in [1.54, 1.807) is 0 Å². The quantitative estimate of drug-likeness (QED) is 0.171. The van der Waals surface area contributed by atoms with Crippen LogP contribution in [0, 0.1) is 0 Å². The monoisotopic (exact) mass is 428 g/mol. The predicted octanol–water partition coefficient (Wildman–Crippen LogP) is -4.30. The Morgan fingerprint density at radius 2 is 1.97 bits per heavy atom. The third kappa shape index (κ3) is 4.50. The first-order valence-corrected chi connectivity index (χ1v) is 8.79. The molecule has 0 aliphatic carbocycles. The van der Waals surface area contributed by atoms with Crippen molar-refractivity contribution in [3.8, 4) is 0 Å². The number of nitrogens with two attached hydrogens (primary N) is 1. The van der Waals surface area contributed by atoms with Gasteiger partial charge in [0.25, 0.3) is 5.91 Å². The molecule has 158 valence electrons. The van der Waals surface area contributed by atoms with Gasteiger partial charge in [0.2, 0.25) is 0 Å². The van der Waals surface area contributed by atoms with Crippen LogP contribution in [0.2, 0.25) is 0 Å². The molecule has 9 N–H and O–H groups in total. The van der Waals surface area contributed by atoms with E-state index in [-0.39, 0.29) is 17.5 Å². The second kappa shape index (κ2) is 8.76. The van der Waals surface area contributed by atoms with Crippen LogP contribution < -0.4 is 21.9 Å². The molecule has 14 nitrogen and oxygen atoms in total. The molecule has 0 spiro atoms. The van der Waals surface area contributed by atoms with Crippen molar-refractivity contribution in [1.82, 2.24) is 35.7 Å². The van der Waals surface area contributed by atoms with Crippen molar-refractivity contribution in [3.05, 3.63) is 12.7 Å². The molecule has 1 amide bonds. The van der Waals surface area contributed by atoms with E-state index in [0.717, 1.165) is 0 Å². The number of amides is 1. The van der Waals surface area contributed by atoms with Gasteiger partial charge >= 0.3 is 0 Å². The summed E-state index contributed by atoms with van der Waals surface area (Å²) in [4.78, 5) is 24.0. The number of carbonyl (C=O) groups excluding carboxylic acids is 1. The number of carbonyl (C=O) groups is 1. The van der Waals surface area contributed by atoms with E-state index in [1.165, 1.54) is 17.2 Å². The van der Waals surface area contributed by atoms with Gasteiger partial charge < -0.3 is 40.8 Å². The number of thiocarbonyl (C=S) groups is 1. The molecule has 0 aromatic carbocycles. The van der Waals surface area contributed by atoms with Crippen molar-refractivity contribution in [1.29, 1.82) is 0 Å². The lowest BCUT2D eigenvalue weighted by molar-refractivity contribution is -0.232. The van der Waals surface area contributed by atoms with Gasteiger partial charge in [-0.3, -0.25) is 15.6 Å². The molecule has 15 heteroatoms. The molecule has 3 rings (SSSR count). The summed E-state index contributed by atoms with van der Waals surface area (Å²) in [6.45, 7) is -0.727. The molecule has 29 heavy (non-hydrogen) atoms. The fourth-order valence-corrected chi connectivity index (χ4v) is 2.89. The lowest BCUT2D eigenvalue weighted by Gasteiger charge is -2.40. The SMILES string of the molecule is Nc1ncnc2c1ncn2CC(=O)NNC(=S)N[C@@H]1O[C@H](CO)[C@@H](O)[C@H](O)[C@H]1O. The summed E-state index contributed by atoms with van der Waals surface area (Å²) in [6, 6.07) is 0. The van der Waals surface area contributed by atoms with Crippen molar-refractivity contribution < 1.29 is 30.0 Å². The maximum atomic E-state index is 12.1. The van der Waals surface area contributed by atoms with E-state index in [2.05, 4.69) is 31.1 Å². The molecule has 1 aliphatic heterocycles. The summed E-state index contributed by atoms with van der Waals surface area (Å²) < 4.78 is 6.71. The van der Waals surface area contributed by atoms with Gasteiger partial charge in [-0.15, -0.1) is 0 Å². The summed E-state index contributed by atoms with van der Waals surface area (Å²) in [6.07, 6.45) is -4.24. The average molecular weight is 428 g/mol. The van der Waals surface area contributed by atoms with Crippen LogP contribution in [-0.4, -0.2) is 88.2 Å². The number of nitrogen functional groups attached to an aromatic ring is 1. The maximum Gasteiger partial charge on any atom is 0.258 e. The van der Waals surface area contributed by atoms with Crippen LogP contribution in [0.5, 0.6) is 0 Å². The minimum absolute atomic E-state index is 0.135. The Morgan fingerprint density at radius 1 is 1.21 bits per heavy atom. The summed E-state index contributed by atoms with van der Waals surface area (Å²) >= 11 is 5.00. The molecule has 5 atom stereocenters. The van der Waals surface area contributed by atoms with Crippen LogP contribution in [-0.2, 0) is 16.1 Å². The number of hydrogen-bond donors (Lipinski definition) is 8. The number of aliphatic hydroxyl groups excluding tert-OH is 4. The van der Waals surface area contributed by atoms with E-state index in [9.17, 15) is 25.2 Å². The number of fused-ring (bicyclic) bond motifs is 1. The predicted molar refractivity (Wildman–Crippen MR) is 101 cm³/mol. The first-order chi connectivity index (χ1) is 13.8. The third-order valence-electron chi connectivity index (χ3n) is 4.22. The number of ether oxygens (including phenoxy) is 1. The summed E-state index contributed by atoms with van der Waals surface area (Å²) in [5.41, 5.74) is 11.2. The number of imidazole rings is 1. The highest BCUT2D eigenvalue weighted by molar-refractivity contribution is 7.80. The maximum absolute atomic E-state index is 12.1. The number of rotatable bonds is 4.